The molecule has 8 nitrogen and oxygen atoms in total. The Labute approximate surface area is 195 Å². The molecule has 5 rings (SSSR count). The molecule has 0 spiro atoms. The van der Waals surface area contributed by atoms with Gasteiger partial charge >= 0.3 is 0 Å². The van der Waals surface area contributed by atoms with Crippen LogP contribution in [0.2, 0.25) is 0 Å². The number of aromatic nitrogens is 2. The Morgan fingerprint density at radius 2 is 1.94 bits per heavy atom. The minimum Gasteiger partial charge on any atom is -0.459 e. The Morgan fingerprint density at radius 1 is 1.09 bits per heavy atom. The number of benzene rings is 1. The second-order valence-electron chi connectivity index (χ2n) is 7.70. The van der Waals surface area contributed by atoms with E-state index >= 15 is 0 Å². The molecule has 4 heterocycles. The van der Waals surface area contributed by atoms with E-state index in [1.165, 1.54) is 17.6 Å². The van der Waals surface area contributed by atoms with Crippen molar-refractivity contribution in [1.29, 1.82) is 0 Å². The normalized spacial score (nSPS) is 14.4. The molecule has 170 valence electrons. The lowest BCUT2D eigenvalue weighted by molar-refractivity contribution is 0.0376. The molecule has 0 saturated carbocycles. The van der Waals surface area contributed by atoms with Crippen molar-refractivity contribution >= 4 is 22.4 Å². The first-order chi connectivity index (χ1) is 16.3. The molecule has 1 aliphatic heterocycles. The number of hydrogen-bond donors (Lipinski definition) is 0. The number of hydrogen-bond acceptors (Lipinski definition) is 8. The fourth-order valence-electron chi connectivity index (χ4n) is 3.74. The third-order valence-corrected chi connectivity index (χ3v) is 6.36. The van der Waals surface area contributed by atoms with Crippen LogP contribution in [0.4, 0.5) is 5.13 Å². The monoisotopic (exact) mass is 464 g/mol. The summed E-state index contributed by atoms with van der Waals surface area (Å²) in [5.74, 6) is 0.657. The lowest BCUT2D eigenvalue weighted by Crippen LogP contribution is -2.39. The van der Waals surface area contributed by atoms with Crippen molar-refractivity contribution in [3.63, 3.8) is 0 Å². The van der Waals surface area contributed by atoms with Crippen LogP contribution in [0.1, 0.15) is 17.0 Å². The highest BCUT2D eigenvalue weighted by Crippen LogP contribution is 2.31. The summed E-state index contributed by atoms with van der Waals surface area (Å²) in [4.78, 5) is 21.9. The topological polar surface area (TPSA) is 84.8 Å². The molecular weight excluding hydrogens is 440 g/mol. The third kappa shape index (κ3) is 5.05. The van der Waals surface area contributed by atoms with E-state index in [1.54, 1.807) is 17.0 Å². The van der Waals surface area contributed by atoms with Gasteiger partial charge in [-0.15, -0.1) is 11.3 Å². The molecule has 1 aliphatic rings. The van der Waals surface area contributed by atoms with Crippen LogP contribution in [-0.2, 0) is 4.74 Å². The van der Waals surface area contributed by atoms with E-state index in [1.807, 2.05) is 41.8 Å². The first kappa shape index (κ1) is 21.6. The summed E-state index contributed by atoms with van der Waals surface area (Å²) in [7, 11) is 0. The van der Waals surface area contributed by atoms with E-state index in [-0.39, 0.29) is 5.91 Å². The van der Waals surface area contributed by atoms with Gasteiger partial charge in [0.1, 0.15) is 11.4 Å². The van der Waals surface area contributed by atoms with E-state index in [4.69, 9.17) is 18.7 Å². The molecule has 1 fully saturated rings. The van der Waals surface area contributed by atoms with Crippen molar-refractivity contribution in [2.45, 2.75) is 6.42 Å². The van der Waals surface area contributed by atoms with E-state index < -0.39 is 0 Å². The summed E-state index contributed by atoms with van der Waals surface area (Å²) >= 11 is 1.40. The Balaban J connectivity index is 1.33. The molecule has 9 heteroatoms. The summed E-state index contributed by atoms with van der Waals surface area (Å²) in [6, 6.07) is 15.1. The fraction of sp³-hybridized carbons (Fsp3) is 0.292. The van der Waals surface area contributed by atoms with Gasteiger partial charge in [-0.05, 0) is 18.6 Å². The van der Waals surface area contributed by atoms with Crippen molar-refractivity contribution in [1.82, 2.24) is 15.0 Å². The van der Waals surface area contributed by atoms with Crippen LogP contribution in [-0.4, -0.2) is 60.3 Å². The summed E-state index contributed by atoms with van der Waals surface area (Å²) < 4.78 is 16.3. The number of ether oxygens (including phenoxy) is 1. The van der Waals surface area contributed by atoms with Gasteiger partial charge in [0.25, 0.3) is 5.91 Å². The first-order valence-corrected chi connectivity index (χ1v) is 11.8. The number of anilines is 1. The maximum Gasteiger partial charge on any atom is 0.295 e. The largest absolute Gasteiger partial charge is 0.459 e. The van der Waals surface area contributed by atoms with Gasteiger partial charge in [-0.25, -0.2) is 4.98 Å². The van der Waals surface area contributed by atoms with E-state index in [2.05, 4.69) is 10.1 Å². The Kier molecular flexibility index (Phi) is 6.61. The minimum atomic E-state index is -0.203. The highest BCUT2D eigenvalue weighted by Gasteiger charge is 2.24. The van der Waals surface area contributed by atoms with Gasteiger partial charge in [0, 0.05) is 43.2 Å². The summed E-state index contributed by atoms with van der Waals surface area (Å²) in [5, 5.41) is 6.66. The SMILES string of the molecule is O=C(c1ccco1)N(CCCN1CCOCC1)c1nc(-c2cc(-c3ccccc3)no2)cs1. The van der Waals surface area contributed by atoms with Crippen molar-refractivity contribution in [3.8, 4) is 22.7 Å². The van der Waals surface area contributed by atoms with Crippen LogP contribution in [0.5, 0.6) is 0 Å². The molecule has 0 bridgehead atoms. The summed E-state index contributed by atoms with van der Waals surface area (Å²) in [6.07, 6.45) is 2.33. The van der Waals surface area contributed by atoms with E-state index in [9.17, 15) is 4.79 Å². The smallest absolute Gasteiger partial charge is 0.295 e. The number of carbonyl (C=O) groups excluding carboxylic acids is 1. The summed E-state index contributed by atoms with van der Waals surface area (Å²) in [5.41, 5.74) is 2.37. The van der Waals surface area contributed by atoms with Crippen molar-refractivity contribution in [2.75, 3.05) is 44.3 Å². The minimum absolute atomic E-state index is 0.203. The van der Waals surface area contributed by atoms with Gasteiger partial charge in [0.2, 0.25) is 0 Å². The Hall–Kier alpha value is -3.27. The Morgan fingerprint density at radius 3 is 2.73 bits per heavy atom. The average molecular weight is 465 g/mol. The van der Waals surface area contributed by atoms with Gasteiger partial charge < -0.3 is 13.7 Å². The second-order valence-corrected chi connectivity index (χ2v) is 8.54. The van der Waals surface area contributed by atoms with Crippen molar-refractivity contribution in [3.05, 3.63) is 65.9 Å². The van der Waals surface area contributed by atoms with Crippen LogP contribution in [0.15, 0.2) is 69.1 Å². The van der Waals surface area contributed by atoms with Crippen LogP contribution in [0.25, 0.3) is 22.7 Å². The quantitative estimate of drug-likeness (QED) is 0.381. The molecule has 3 aromatic heterocycles. The fourth-order valence-corrected chi connectivity index (χ4v) is 4.58. The molecule has 1 saturated heterocycles. The molecular formula is C24H24N4O4S. The zero-order chi connectivity index (χ0) is 22.5. The van der Waals surface area contributed by atoms with Crippen molar-refractivity contribution in [2.24, 2.45) is 0 Å². The van der Waals surface area contributed by atoms with Crippen LogP contribution >= 0.6 is 11.3 Å². The number of amides is 1. The molecule has 0 unspecified atom stereocenters. The number of rotatable bonds is 8. The Bertz CT molecular complexity index is 1170. The zero-order valence-electron chi connectivity index (χ0n) is 18.1. The standard InChI is InChI=1S/C24H24N4O4S/c29-23(21-8-4-13-31-21)28(10-5-9-27-11-14-30-15-12-27)24-25-20(17-33-24)22-16-19(26-32-22)18-6-2-1-3-7-18/h1-4,6-8,13,16-17H,5,9-12,14-15H2. The van der Waals surface area contributed by atoms with Gasteiger partial charge in [0.05, 0.1) is 19.5 Å². The lowest BCUT2D eigenvalue weighted by Gasteiger charge is -2.27. The van der Waals surface area contributed by atoms with Crippen molar-refractivity contribution < 1.29 is 18.5 Å². The number of carbonyl (C=O) groups is 1. The maximum atomic E-state index is 13.2. The highest BCUT2D eigenvalue weighted by molar-refractivity contribution is 7.14. The molecule has 1 aromatic carbocycles. The average Bonchev–Trinajstić information content (AvgIpc) is 3.64. The predicted molar refractivity (Wildman–Crippen MR) is 125 cm³/mol. The number of nitrogens with zero attached hydrogens (tertiary/aromatic N) is 4. The van der Waals surface area contributed by atoms with E-state index in [0.29, 0.717) is 28.9 Å². The van der Waals surface area contributed by atoms with Gasteiger partial charge in [0.15, 0.2) is 16.7 Å². The molecule has 4 aromatic rings. The van der Waals surface area contributed by atoms with Crippen LogP contribution in [0, 0.1) is 0 Å². The zero-order valence-corrected chi connectivity index (χ0v) is 18.9. The molecule has 0 aliphatic carbocycles. The van der Waals surface area contributed by atoms with Gasteiger partial charge in [-0.1, -0.05) is 35.5 Å². The van der Waals surface area contributed by atoms with Crippen LogP contribution in [0.3, 0.4) is 0 Å². The number of furan rings is 1. The number of morpholine rings is 1. The molecule has 1 amide bonds. The highest BCUT2D eigenvalue weighted by atomic mass is 32.1. The van der Waals surface area contributed by atoms with E-state index in [0.717, 1.165) is 50.5 Å². The van der Waals surface area contributed by atoms with Crippen LogP contribution < -0.4 is 4.90 Å². The first-order valence-electron chi connectivity index (χ1n) is 10.9. The summed E-state index contributed by atoms with van der Waals surface area (Å²) in [6.45, 7) is 4.78. The molecule has 0 radical (unpaired) electrons. The molecule has 0 N–H and O–H groups in total. The third-order valence-electron chi connectivity index (χ3n) is 5.49. The molecule has 0 atom stereocenters. The predicted octanol–water partition coefficient (Wildman–Crippen LogP) is 4.43. The maximum absolute atomic E-state index is 13.2. The molecule has 33 heavy (non-hydrogen) atoms. The number of thiazole rings is 1. The van der Waals surface area contributed by atoms with Gasteiger partial charge in [-0.3, -0.25) is 14.6 Å². The van der Waals surface area contributed by atoms with Gasteiger partial charge in [-0.2, -0.15) is 0 Å². The second kappa shape index (κ2) is 10.1. The lowest BCUT2D eigenvalue weighted by atomic mass is 10.1.